The van der Waals surface area contributed by atoms with Crippen molar-refractivity contribution in [1.29, 1.82) is 0 Å². The largest absolute Gasteiger partial charge is 0.497 e. The highest BCUT2D eigenvalue weighted by molar-refractivity contribution is 5.56. The summed E-state index contributed by atoms with van der Waals surface area (Å²) in [7, 11) is 2.99. The second kappa shape index (κ2) is 6.14. The van der Waals surface area contributed by atoms with Crippen molar-refractivity contribution < 1.29 is 18.6 Å². The third-order valence-electron chi connectivity index (χ3n) is 2.81. The molecule has 0 saturated heterocycles. The molecule has 106 valence electrons. The Morgan fingerprint density at radius 2 is 1.85 bits per heavy atom. The van der Waals surface area contributed by atoms with E-state index in [9.17, 15) is 4.39 Å². The molecule has 0 aromatic heterocycles. The lowest BCUT2D eigenvalue weighted by Gasteiger charge is -2.11. The number of halogens is 1. The summed E-state index contributed by atoms with van der Waals surface area (Å²) in [6.45, 7) is 0.302. The second-order valence-electron chi connectivity index (χ2n) is 4.16. The van der Waals surface area contributed by atoms with Gasteiger partial charge in [-0.1, -0.05) is 12.1 Å². The van der Waals surface area contributed by atoms with Crippen molar-refractivity contribution in [3.8, 4) is 17.2 Å². The van der Waals surface area contributed by atoms with Crippen LogP contribution in [0.3, 0.4) is 0 Å². The molecule has 0 bridgehead atoms. The van der Waals surface area contributed by atoms with E-state index in [0.29, 0.717) is 12.4 Å². The highest BCUT2D eigenvalue weighted by Crippen LogP contribution is 2.30. The summed E-state index contributed by atoms with van der Waals surface area (Å²) >= 11 is 0. The fourth-order valence-electron chi connectivity index (χ4n) is 1.75. The Hall–Kier alpha value is -2.43. The Labute approximate surface area is 116 Å². The molecule has 0 aliphatic rings. The smallest absolute Gasteiger partial charge is 0.167 e. The maximum atomic E-state index is 13.4. The minimum Gasteiger partial charge on any atom is -0.497 e. The third kappa shape index (κ3) is 3.12. The number of hydrogen-bond donors (Lipinski definition) is 1. The first-order valence-electron chi connectivity index (χ1n) is 6.02. The molecule has 0 radical (unpaired) electrons. The van der Waals surface area contributed by atoms with E-state index < -0.39 is 5.82 Å². The van der Waals surface area contributed by atoms with Crippen LogP contribution in [0, 0.1) is 5.82 Å². The highest BCUT2D eigenvalue weighted by atomic mass is 19.1. The Balaban J connectivity index is 2.14. The number of hydrogen-bond acceptors (Lipinski definition) is 4. The lowest BCUT2D eigenvalue weighted by atomic mass is 10.2. The molecule has 0 aliphatic heterocycles. The van der Waals surface area contributed by atoms with E-state index in [1.807, 2.05) is 24.3 Å². The van der Waals surface area contributed by atoms with Crippen LogP contribution in [0.5, 0.6) is 17.2 Å². The van der Waals surface area contributed by atoms with Gasteiger partial charge in [-0.25, -0.2) is 4.39 Å². The monoisotopic (exact) mass is 277 g/mol. The summed E-state index contributed by atoms with van der Waals surface area (Å²) in [5, 5.41) is 0. The predicted molar refractivity (Wildman–Crippen MR) is 74.7 cm³/mol. The lowest BCUT2D eigenvalue weighted by molar-refractivity contribution is 0.302. The average molecular weight is 277 g/mol. The van der Waals surface area contributed by atoms with Gasteiger partial charge in [0, 0.05) is 12.1 Å². The van der Waals surface area contributed by atoms with Crippen molar-refractivity contribution in [1.82, 2.24) is 0 Å². The van der Waals surface area contributed by atoms with Crippen molar-refractivity contribution in [3.05, 3.63) is 47.8 Å². The van der Waals surface area contributed by atoms with Crippen molar-refractivity contribution in [2.75, 3.05) is 20.0 Å². The van der Waals surface area contributed by atoms with Crippen molar-refractivity contribution in [3.63, 3.8) is 0 Å². The van der Waals surface area contributed by atoms with Crippen molar-refractivity contribution in [2.24, 2.45) is 0 Å². The molecule has 2 N–H and O–H groups in total. The quantitative estimate of drug-likeness (QED) is 0.854. The molecule has 0 atom stereocenters. The van der Waals surface area contributed by atoms with Crippen LogP contribution < -0.4 is 19.9 Å². The van der Waals surface area contributed by atoms with E-state index in [0.717, 1.165) is 11.3 Å². The minimum absolute atomic E-state index is 0.0971. The molecule has 0 saturated carbocycles. The van der Waals surface area contributed by atoms with Gasteiger partial charge in [-0.05, 0) is 17.7 Å². The number of benzene rings is 2. The summed E-state index contributed by atoms with van der Waals surface area (Å²) in [6, 6.07) is 10.1. The molecule has 2 aromatic rings. The maximum Gasteiger partial charge on any atom is 0.167 e. The molecule has 2 aromatic carbocycles. The molecule has 0 aliphatic carbocycles. The van der Waals surface area contributed by atoms with Crippen LogP contribution in [0.15, 0.2) is 36.4 Å². The van der Waals surface area contributed by atoms with Gasteiger partial charge in [0.25, 0.3) is 0 Å². The predicted octanol–water partition coefficient (Wildman–Crippen LogP) is 3.00. The van der Waals surface area contributed by atoms with Crippen LogP contribution in [0.4, 0.5) is 10.1 Å². The SMILES string of the molecule is COc1cccc(COc2cc(OC)c(F)cc2N)c1. The van der Waals surface area contributed by atoms with Gasteiger partial charge >= 0.3 is 0 Å². The van der Waals surface area contributed by atoms with Crippen LogP contribution in [0.1, 0.15) is 5.56 Å². The Morgan fingerprint density at radius 1 is 1.05 bits per heavy atom. The van der Waals surface area contributed by atoms with Crippen LogP contribution in [0.2, 0.25) is 0 Å². The fraction of sp³-hybridized carbons (Fsp3) is 0.200. The summed E-state index contributed by atoms with van der Waals surface area (Å²) in [5.74, 6) is 0.709. The molecule has 0 spiro atoms. The molecule has 20 heavy (non-hydrogen) atoms. The van der Waals surface area contributed by atoms with E-state index in [1.54, 1.807) is 7.11 Å². The summed E-state index contributed by atoms with van der Waals surface area (Å²) < 4.78 is 29.0. The lowest BCUT2D eigenvalue weighted by Crippen LogP contribution is -2.01. The Bertz CT molecular complexity index is 602. The molecular weight excluding hydrogens is 261 g/mol. The van der Waals surface area contributed by atoms with E-state index in [1.165, 1.54) is 19.2 Å². The third-order valence-corrected chi connectivity index (χ3v) is 2.81. The van der Waals surface area contributed by atoms with E-state index in [-0.39, 0.29) is 11.4 Å². The summed E-state index contributed by atoms with van der Waals surface area (Å²) in [6.07, 6.45) is 0. The number of anilines is 1. The van der Waals surface area contributed by atoms with Crippen molar-refractivity contribution >= 4 is 5.69 Å². The first-order chi connectivity index (χ1) is 9.63. The van der Waals surface area contributed by atoms with Gasteiger partial charge in [-0.15, -0.1) is 0 Å². The van der Waals surface area contributed by atoms with Crippen LogP contribution in [-0.4, -0.2) is 14.2 Å². The fourth-order valence-corrected chi connectivity index (χ4v) is 1.75. The number of rotatable bonds is 5. The highest BCUT2D eigenvalue weighted by Gasteiger charge is 2.09. The van der Waals surface area contributed by atoms with Gasteiger partial charge in [0.1, 0.15) is 18.1 Å². The number of nitrogens with two attached hydrogens (primary N) is 1. The Kier molecular flexibility index (Phi) is 4.30. The topological polar surface area (TPSA) is 53.7 Å². The van der Waals surface area contributed by atoms with Gasteiger partial charge in [0.2, 0.25) is 0 Å². The number of nitrogen functional groups attached to an aromatic ring is 1. The average Bonchev–Trinajstić information content (AvgIpc) is 2.46. The van der Waals surface area contributed by atoms with Crippen LogP contribution in [-0.2, 0) is 6.61 Å². The normalized spacial score (nSPS) is 10.2. The van der Waals surface area contributed by atoms with E-state index in [2.05, 4.69) is 0 Å². The molecule has 0 fully saturated rings. The standard InChI is InChI=1S/C15H16FNO3/c1-18-11-5-3-4-10(6-11)9-20-15-8-14(19-2)12(16)7-13(15)17/h3-8H,9,17H2,1-2H3. The zero-order chi connectivity index (χ0) is 14.5. The van der Waals surface area contributed by atoms with Gasteiger partial charge in [-0.2, -0.15) is 0 Å². The molecule has 0 unspecified atom stereocenters. The van der Waals surface area contributed by atoms with Gasteiger partial charge in [0.15, 0.2) is 11.6 Å². The van der Waals surface area contributed by atoms with Gasteiger partial charge in [0.05, 0.1) is 19.9 Å². The van der Waals surface area contributed by atoms with Gasteiger partial charge in [-0.3, -0.25) is 0 Å². The Morgan fingerprint density at radius 3 is 2.55 bits per heavy atom. The first kappa shape index (κ1) is 14.0. The molecule has 0 amide bonds. The van der Waals surface area contributed by atoms with Crippen LogP contribution in [0.25, 0.3) is 0 Å². The maximum absolute atomic E-state index is 13.4. The molecule has 4 nitrogen and oxygen atoms in total. The molecule has 5 heteroatoms. The van der Waals surface area contributed by atoms with E-state index >= 15 is 0 Å². The van der Waals surface area contributed by atoms with E-state index in [4.69, 9.17) is 19.9 Å². The summed E-state index contributed by atoms with van der Waals surface area (Å²) in [5.41, 5.74) is 6.87. The van der Waals surface area contributed by atoms with Crippen LogP contribution >= 0.6 is 0 Å². The number of methoxy groups -OCH3 is 2. The van der Waals surface area contributed by atoms with Crippen molar-refractivity contribution in [2.45, 2.75) is 6.61 Å². The molecular formula is C15H16FNO3. The second-order valence-corrected chi connectivity index (χ2v) is 4.16. The zero-order valence-electron chi connectivity index (χ0n) is 11.4. The van der Waals surface area contributed by atoms with Gasteiger partial charge < -0.3 is 19.9 Å². The minimum atomic E-state index is -0.515. The number of ether oxygens (including phenoxy) is 3. The zero-order valence-corrected chi connectivity index (χ0v) is 11.4. The molecule has 0 heterocycles. The summed E-state index contributed by atoms with van der Waals surface area (Å²) in [4.78, 5) is 0. The molecule has 2 rings (SSSR count). The first-order valence-corrected chi connectivity index (χ1v) is 6.02.